The molecule has 0 fully saturated rings. The first-order valence-corrected chi connectivity index (χ1v) is 5.82. The minimum atomic E-state index is -0.941. The molecule has 2 aromatic heterocycles. The largest absolute Gasteiger partial charge is 0.478 e. The Hall–Kier alpha value is -2.69. The normalized spacial score (nSPS) is 10.7. The van der Waals surface area contributed by atoms with Crippen molar-refractivity contribution in [2.45, 2.75) is 6.54 Å². The number of aromatic carboxylic acids is 1. The molecular weight excluding hydrogens is 242 g/mol. The van der Waals surface area contributed by atoms with Crippen LogP contribution in [0, 0.1) is 0 Å². The molecule has 0 radical (unpaired) electrons. The number of carboxylic acid groups (broad SMARTS) is 1. The molecule has 5 heteroatoms. The zero-order chi connectivity index (χ0) is 13.2. The molecule has 0 unspecified atom stereocenters. The number of aromatic nitrogens is 3. The molecule has 0 aliphatic heterocycles. The molecule has 3 rings (SSSR count). The van der Waals surface area contributed by atoms with Crippen LogP contribution in [0.25, 0.3) is 10.9 Å². The predicted molar refractivity (Wildman–Crippen MR) is 70.0 cm³/mol. The fourth-order valence-corrected chi connectivity index (χ4v) is 2.06. The molecule has 0 saturated heterocycles. The summed E-state index contributed by atoms with van der Waals surface area (Å²) in [6, 6.07) is 8.99. The third kappa shape index (κ3) is 2.18. The molecule has 0 aliphatic rings. The first-order chi connectivity index (χ1) is 9.24. The zero-order valence-electron chi connectivity index (χ0n) is 10.0. The van der Waals surface area contributed by atoms with Gasteiger partial charge in [-0.3, -0.25) is 9.67 Å². The summed E-state index contributed by atoms with van der Waals surface area (Å²) >= 11 is 0. The Morgan fingerprint density at radius 3 is 2.89 bits per heavy atom. The lowest BCUT2D eigenvalue weighted by molar-refractivity contribution is 0.0699. The van der Waals surface area contributed by atoms with Gasteiger partial charge in [-0.1, -0.05) is 6.07 Å². The Kier molecular flexibility index (Phi) is 2.72. The lowest BCUT2D eigenvalue weighted by Crippen LogP contribution is -2.02. The number of hydrogen-bond donors (Lipinski definition) is 1. The first-order valence-electron chi connectivity index (χ1n) is 5.82. The van der Waals surface area contributed by atoms with Crippen molar-refractivity contribution >= 4 is 16.9 Å². The minimum Gasteiger partial charge on any atom is -0.478 e. The Morgan fingerprint density at radius 1 is 1.26 bits per heavy atom. The maximum Gasteiger partial charge on any atom is 0.336 e. The topological polar surface area (TPSA) is 68.0 Å². The van der Waals surface area contributed by atoms with Crippen molar-refractivity contribution in [1.29, 1.82) is 0 Å². The van der Waals surface area contributed by atoms with Gasteiger partial charge in [-0.15, -0.1) is 0 Å². The molecule has 2 heterocycles. The van der Waals surface area contributed by atoms with Crippen LogP contribution in [0.4, 0.5) is 0 Å². The van der Waals surface area contributed by atoms with Gasteiger partial charge in [0.15, 0.2) is 0 Å². The Labute approximate surface area is 109 Å². The summed E-state index contributed by atoms with van der Waals surface area (Å²) in [5.41, 5.74) is 1.95. The van der Waals surface area contributed by atoms with Crippen molar-refractivity contribution in [3.63, 3.8) is 0 Å². The van der Waals surface area contributed by atoms with E-state index in [4.69, 9.17) is 0 Å². The fraction of sp³-hybridized carbons (Fsp3) is 0.0714. The molecule has 0 atom stereocenters. The van der Waals surface area contributed by atoms with Gasteiger partial charge in [-0.05, 0) is 29.8 Å². The van der Waals surface area contributed by atoms with Crippen LogP contribution in [0.3, 0.4) is 0 Å². The van der Waals surface area contributed by atoms with Crippen molar-refractivity contribution in [3.8, 4) is 0 Å². The SMILES string of the molecule is O=C(O)c1ccnc2ccc(Cn3cccn3)cc12. The van der Waals surface area contributed by atoms with E-state index >= 15 is 0 Å². The quantitative estimate of drug-likeness (QED) is 0.776. The Bertz CT molecular complexity index is 736. The highest BCUT2D eigenvalue weighted by molar-refractivity contribution is 6.02. The Balaban J connectivity index is 2.08. The molecule has 94 valence electrons. The average molecular weight is 253 g/mol. The molecular formula is C14H11N3O2. The van der Waals surface area contributed by atoms with Gasteiger partial charge in [0, 0.05) is 24.0 Å². The smallest absolute Gasteiger partial charge is 0.336 e. The summed E-state index contributed by atoms with van der Waals surface area (Å²) < 4.78 is 1.79. The molecule has 0 bridgehead atoms. The van der Waals surface area contributed by atoms with E-state index in [2.05, 4.69) is 10.1 Å². The number of hydrogen-bond acceptors (Lipinski definition) is 3. The summed E-state index contributed by atoms with van der Waals surface area (Å²) in [6.45, 7) is 0.608. The third-order valence-electron chi connectivity index (χ3n) is 2.94. The van der Waals surface area contributed by atoms with Crippen molar-refractivity contribution in [3.05, 3.63) is 60.0 Å². The number of benzene rings is 1. The summed E-state index contributed by atoms with van der Waals surface area (Å²) in [6.07, 6.45) is 5.09. The van der Waals surface area contributed by atoms with E-state index in [0.29, 0.717) is 17.4 Å². The van der Waals surface area contributed by atoms with E-state index in [-0.39, 0.29) is 5.56 Å². The van der Waals surface area contributed by atoms with Gasteiger partial charge in [0.2, 0.25) is 0 Å². The van der Waals surface area contributed by atoms with Crippen LogP contribution in [-0.4, -0.2) is 25.8 Å². The second-order valence-corrected chi connectivity index (χ2v) is 4.22. The number of pyridine rings is 1. The van der Waals surface area contributed by atoms with E-state index in [1.165, 1.54) is 12.3 Å². The van der Waals surface area contributed by atoms with E-state index in [9.17, 15) is 9.90 Å². The Morgan fingerprint density at radius 2 is 2.16 bits per heavy atom. The number of carbonyl (C=O) groups is 1. The molecule has 0 spiro atoms. The molecule has 0 amide bonds. The van der Waals surface area contributed by atoms with Crippen molar-refractivity contribution < 1.29 is 9.90 Å². The minimum absolute atomic E-state index is 0.271. The van der Waals surface area contributed by atoms with E-state index < -0.39 is 5.97 Å². The molecule has 0 saturated carbocycles. The molecule has 0 aliphatic carbocycles. The van der Waals surface area contributed by atoms with Gasteiger partial charge in [-0.2, -0.15) is 5.10 Å². The predicted octanol–water partition coefficient (Wildman–Crippen LogP) is 2.18. The molecule has 1 N–H and O–H groups in total. The monoisotopic (exact) mass is 253 g/mol. The average Bonchev–Trinajstić information content (AvgIpc) is 2.90. The second kappa shape index (κ2) is 4.53. The van der Waals surface area contributed by atoms with Gasteiger partial charge >= 0.3 is 5.97 Å². The van der Waals surface area contributed by atoms with Crippen LogP contribution < -0.4 is 0 Å². The summed E-state index contributed by atoms with van der Waals surface area (Å²) in [5, 5.41) is 14.0. The van der Waals surface area contributed by atoms with Gasteiger partial charge in [0.05, 0.1) is 17.6 Å². The standard InChI is InChI=1S/C14H11N3O2/c18-14(19)11-4-6-15-13-3-2-10(8-12(11)13)9-17-7-1-5-16-17/h1-8H,9H2,(H,18,19). The lowest BCUT2D eigenvalue weighted by Gasteiger charge is -2.06. The van der Waals surface area contributed by atoms with E-state index in [1.807, 2.05) is 30.5 Å². The van der Waals surface area contributed by atoms with E-state index in [1.54, 1.807) is 10.9 Å². The van der Waals surface area contributed by atoms with Crippen LogP contribution in [0.5, 0.6) is 0 Å². The number of carboxylic acids is 1. The maximum atomic E-state index is 11.2. The molecule has 1 aromatic carbocycles. The fourth-order valence-electron chi connectivity index (χ4n) is 2.06. The molecule has 3 aromatic rings. The highest BCUT2D eigenvalue weighted by Gasteiger charge is 2.09. The van der Waals surface area contributed by atoms with Crippen molar-refractivity contribution in [1.82, 2.24) is 14.8 Å². The highest BCUT2D eigenvalue weighted by atomic mass is 16.4. The van der Waals surface area contributed by atoms with Gasteiger partial charge in [0.1, 0.15) is 0 Å². The summed E-state index contributed by atoms with van der Waals surface area (Å²) in [5.74, 6) is -0.941. The summed E-state index contributed by atoms with van der Waals surface area (Å²) in [7, 11) is 0. The molecule has 5 nitrogen and oxygen atoms in total. The van der Waals surface area contributed by atoms with Crippen LogP contribution in [-0.2, 0) is 6.54 Å². The van der Waals surface area contributed by atoms with Crippen LogP contribution in [0.15, 0.2) is 48.9 Å². The highest BCUT2D eigenvalue weighted by Crippen LogP contribution is 2.19. The van der Waals surface area contributed by atoms with Crippen LogP contribution in [0.2, 0.25) is 0 Å². The third-order valence-corrected chi connectivity index (χ3v) is 2.94. The number of nitrogens with zero attached hydrogens (tertiary/aromatic N) is 3. The van der Waals surface area contributed by atoms with Crippen molar-refractivity contribution in [2.75, 3.05) is 0 Å². The zero-order valence-corrected chi connectivity index (χ0v) is 10.0. The number of fused-ring (bicyclic) bond motifs is 1. The van der Waals surface area contributed by atoms with Crippen LogP contribution in [0.1, 0.15) is 15.9 Å². The molecule has 19 heavy (non-hydrogen) atoms. The van der Waals surface area contributed by atoms with Gasteiger partial charge in [-0.25, -0.2) is 4.79 Å². The lowest BCUT2D eigenvalue weighted by atomic mass is 10.1. The van der Waals surface area contributed by atoms with Crippen LogP contribution >= 0.6 is 0 Å². The van der Waals surface area contributed by atoms with Gasteiger partial charge < -0.3 is 5.11 Å². The maximum absolute atomic E-state index is 11.2. The second-order valence-electron chi connectivity index (χ2n) is 4.22. The number of rotatable bonds is 3. The van der Waals surface area contributed by atoms with Gasteiger partial charge in [0.25, 0.3) is 0 Å². The first kappa shape index (κ1) is 11.4. The van der Waals surface area contributed by atoms with E-state index in [0.717, 1.165) is 5.56 Å². The summed E-state index contributed by atoms with van der Waals surface area (Å²) in [4.78, 5) is 15.4. The van der Waals surface area contributed by atoms with Crippen molar-refractivity contribution in [2.24, 2.45) is 0 Å².